The van der Waals surface area contributed by atoms with Crippen LogP contribution in [0.3, 0.4) is 0 Å². The van der Waals surface area contributed by atoms with Crippen LogP contribution in [0, 0.1) is 0 Å². The Morgan fingerprint density at radius 2 is 1.90 bits per heavy atom. The van der Waals surface area contributed by atoms with Crippen molar-refractivity contribution in [3.63, 3.8) is 0 Å². The summed E-state index contributed by atoms with van der Waals surface area (Å²) in [7, 11) is 1.76. The molecule has 0 aromatic heterocycles. The molecule has 0 bridgehead atoms. The number of rotatable bonds is 7. The smallest absolute Gasteiger partial charge is 0.338 e. The molecule has 0 amide bonds. The van der Waals surface area contributed by atoms with Gasteiger partial charge < -0.3 is 15.4 Å². The highest BCUT2D eigenvalue weighted by Gasteiger charge is 2.05. The molecule has 0 fully saturated rings. The first-order chi connectivity index (χ1) is 10.2. The number of ether oxygens (including phenoxy) is 1. The molecule has 5 nitrogen and oxygen atoms in total. The second kappa shape index (κ2) is 9.80. The van der Waals surface area contributed by atoms with Gasteiger partial charge in [-0.2, -0.15) is 0 Å². The van der Waals surface area contributed by atoms with Gasteiger partial charge in [0, 0.05) is 20.1 Å². The summed E-state index contributed by atoms with van der Waals surface area (Å²) in [5.74, 6) is 0.506. The predicted molar refractivity (Wildman–Crippen MR) is 85.5 cm³/mol. The van der Waals surface area contributed by atoms with Gasteiger partial charge in [-0.25, -0.2) is 4.79 Å². The fourth-order valence-electron chi connectivity index (χ4n) is 1.76. The lowest BCUT2D eigenvalue weighted by Gasteiger charge is -2.11. The number of aliphatic imine (C=N–C) groups is 1. The molecule has 0 aliphatic carbocycles. The average molecular weight is 291 g/mol. The highest BCUT2D eigenvalue weighted by Crippen LogP contribution is 2.06. The van der Waals surface area contributed by atoms with Gasteiger partial charge in [0.15, 0.2) is 5.96 Å². The van der Waals surface area contributed by atoms with E-state index in [1.165, 1.54) is 0 Å². The van der Waals surface area contributed by atoms with Gasteiger partial charge in [-0.3, -0.25) is 4.99 Å². The SMILES string of the molecule is CCCCNC(=NC)NCc1ccc(C(=O)OCC)cc1. The molecule has 0 atom stereocenters. The van der Waals surface area contributed by atoms with Gasteiger partial charge in [0.05, 0.1) is 12.2 Å². The van der Waals surface area contributed by atoms with Crippen molar-refractivity contribution in [3.8, 4) is 0 Å². The summed E-state index contributed by atoms with van der Waals surface area (Å²) in [6, 6.07) is 7.39. The van der Waals surface area contributed by atoms with E-state index in [9.17, 15) is 4.79 Å². The largest absolute Gasteiger partial charge is 0.462 e. The molecule has 0 aliphatic heterocycles. The Hall–Kier alpha value is -2.04. The van der Waals surface area contributed by atoms with Crippen LogP contribution in [-0.4, -0.2) is 32.1 Å². The molecular formula is C16H25N3O2. The second-order valence-corrected chi connectivity index (χ2v) is 4.62. The lowest BCUT2D eigenvalue weighted by Crippen LogP contribution is -2.37. The lowest BCUT2D eigenvalue weighted by atomic mass is 10.1. The van der Waals surface area contributed by atoms with Crippen molar-refractivity contribution in [1.82, 2.24) is 10.6 Å². The zero-order valence-corrected chi connectivity index (χ0v) is 13.1. The Balaban J connectivity index is 2.46. The van der Waals surface area contributed by atoms with Crippen LogP contribution >= 0.6 is 0 Å². The van der Waals surface area contributed by atoms with Crippen LogP contribution in [0.25, 0.3) is 0 Å². The number of guanidine groups is 1. The second-order valence-electron chi connectivity index (χ2n) is 4.62. The molecule has 1 rings (SSSR count). The minimum Gasteiger partial charge on any atom is -0.462 e. The van der Waals surface area contributed by atoms with Gasteiger partial charge in [0.25, 0.3) is 0 Å². The monoisotopic (exact) mass is 291 g/mol. The van der Waals surface area contributed by atoms with Gasteiger partial charge >= 0.3 is 5.97 Å². The molecule has 0 unspecified atom stereocenters. The topological polar surface area (TPSA) is 62.7 Å². The third-order valence-corrected chi connectivity index (χ3v) is 2.97. The first kappa shape index (κ1) is 17.0. The van der Waals surface area contributed by atoms with Crippen LogP contribution in [0.1, 0.15) is 42.6 Å². The van der Waals surface area contributed by atoms with Crippen LogP contribution in [0.5, 0.6) is 0 Å². The summed E-state index contributed by atoms with van der Waals surface area (Å²) in [6.07, 6.45) is 2.27. The maximum atomic E-state index is 11.5. The number of hydrogen-bond donors (Lipinski definition) is 2. The van der Waals surface area contributed by atoms with Gasteiger partial charge in [0.2, 0.25) is 0 Å². The number of hydrogen-bond acceptors (Lipinski definition) is 3. The molecule has 0 spiro atoms. The van der Waals surface area contributed by atoms with E-state index in [1.54, 1.807) is 26.1 Å². The number of unbranched alkanes of at least 4 members (excludes halogenated alkanes) is 1. The molecule has 21 heavy (non-hydrogen) atoms. The summed E-state index contributed by atoms with van der Waals surface area (Å²) >= 11 is 0. The van der Waals surface area contributed by atoms with Crippen molar-refractivity contribution in [2.75, 3.05) is 20.2 Å². The molecule has 0 radical (unpaired) electrons. The van der Waals surface area contributed by atoms with Gasteiger partial charge in [-0.1, -0.05) is 25.5 Å². The molecule has 0 saturated carbocycles. The standard InChI is InChI=1S/C16H25N3O2/c1-4-6-11-18-16(17-3)19-12-13-7-9-14(10-8-13)15(20)21-5-2/h7-10H,4-6,11-12H2,1-3H3,(H2,17,18,19). The highest BCUT2D eigenvalue weighted by atomic mass is 16.5. The number of nitrogens with one attached hydrogen (secondary N) is 2. The molecule has 1 aromatic carbocycles. The predicted octanol–water partition coefficient (Wildman–Crippen LogP) is 2.33. The quantitative estimate of drug-likeness (QED) is 0.350. The fourth-order valence-corrected chi connectivity index (χ4v) is 1.76. The van der Waals surface area contributed by atoms with Crippen molar-refractivity contribution in [1.29, 1.82) is 0 Å². The summed E-state index contributed by atoms with van der Waals surface area (Å²) < 4.78 is 4.95. The van der Waals surface area contributed by atoms with E-state index in [0.717, 1.165) is 30.9 Å². The molecule has 0 heterocycles. The molecular weight excluding hydrogens is 266 g/mol. The molecule has 116 valence electrons. The first-order valence-electron chi connectivity index (χ1n) is 7.41. The van der Waals surface area contributed by atoms with Crippen molar-refractivity contribution in [2.45, 2.75) is 33.2 Å². The maximum Gasteiger partial charge on any atom is 0.338 e. The van der Waals surface area contributed by atoms with E-state index in [0.29, 0.717) is 18.7 Å². The Morgan fingerprint density at radius 1 is 1.19 bits per heavy atom. The third kappa shape index (κ3) is 6.29. The summed E-state index contributed by atoms with van der Waals surface area (Å²) in [6.45, 7) is 5.92. The molecule has 0 aliphatic rings. The van der Waals surface area contributed by atoms with E-state index in [1.807, 2.05) is 12.1 Å². The molecule has 0 saturated heterocycles. The third-order valence-electron chi connectivity index (χ3n) is 2.97. The molecule has 5 heteroatoms. The van der Waals surface area contributed by atoms with Gasteiger partial charge in [-0.05, 0) is 31.0 Å². The fraction of sp³-hybridized carbons (Fsp3) is 0.500. The van der Waals surface area contributed by atoms with E-state index >= 15 is 0 Å². The average Bonchev–Trinajstić information content (AvgIpc) is 2.51. The Morgan fingerprint density at radius 3 is 2.48 bits per heavy atom. The van der Waals surface area contributed by atoms with Crippen LogP contribution in [0.4, 0.5) is 0 Å². The summed E-state index contributed by atoms with van der Waals surface area (Å²) in [5.41, 5.74) is 1.66. The van der Waals surface area contributed by atoms with Crippen LogP contribution in [0.15, 0.2) is 29.3 Å². The zero-order chi connectivity index (χ0) is 15.5. The minimum atomic E-state index is -0.283. The summed E-state index contributed by atoms with van der Waals surface area (Å²) in [4.78, 5) is 15.7. The zero-order valence-electron chi connectivity index (χ0n) is 13.1. The molecule has 1 aromatic rings. The van der Waals surface area contributed by atoms with E-state index in [2.05, 4.69) is 22.5 Å². The number of benzene rings is 1. The van der Waals surface area contributed by atoms with Crippen molar-refractivity contribution in [2.24, 2.45) is 4.99 Å². The van der Waals surface area contributed by atoms with Crippen molar-refractivity contribution >= 4 is 11.9 Å². The molecule has 2 N–H and O–H groups in total. The Bertz CT molecular complexity index is 455. The lowest BCUT2D eigenvalue weighted by molar-refractivity contribution is 0.0526. The van der Waals surface area contributed by atoms with Crippen LogP contribution in [0.2, 0.25) is 0 Å². The number of esters is 1. The normalized spacial score (nSPS) is 11.1. The Labute approximate surface area is 126 Å². The first-order valence-corrected chi connectivity index (χ1v) is 7.41. The van der Waals surface area contributed by atoms with Crippen molar-refractivity contribution < 1.29 is 9.53 Å². The van der Waals surface area contributed by atoms with E-state index < -0.39 is 0 Å². The van der Waals surface area contributed by atoms with E-state index in [-0.39, 0.29) is 5.97 Å². The number of carbonyl (C=O) groups excluding carboxylic acids is 1. The van der Waals surface area contributed by atoms with Crippen LogP contribution in [-0.2, 0) is 11.3 Å². The van der Waals surface area contributed by atoms with Gasteiger partial charge in [-0.15, -0.1) is 0 Å². The highest BCUT2D eigenvalue weighted by molar-refractivity contribution is 5.89. The van der Waals surface area contributed by atoms with E-state index in [4.69, 9.17) is 4.74 Å². The number of carbonyl (C=O) groups is 1. The maximum absolute atomic E-state index is 11.5. The minimum absolute atomic E-state index is 0.283. The number of nitrogens with zero attached hydrogens (tertiary/aromatic N) is 1. The Kier molecular flexibility index (Phi) is 7.94. The summed E-state index contributed by atoms with van der Waals surface area (Å²) in [5, 5.41) is 6.49. The van der Waals surface area contributed by atoms with Crippen LogP contribution < -0.4 is 10.6 Å². The van der Waals surface area contributed by atoms with Crippen molar-refractivity contribution in [3.05, 3.63) is 35.4 Å². The van der Waals surface area contributed by atoms with Gasteiger partial charge in [0.1, 0.15) is 0 Å².